The Morgan fingerprint density at radius 2 is 2.50 bits per heavy atom. The molecule has 1 nitrogen and oxygen atoms in total. The molecule has 0 aliphatic heterocycles. The van der Waals surface area contributed by atoms with Crippen LogP contribution in [0.2, 0.25) is 5.32 Å². The summed E-state index contributed by atoms with van der Waals surface area (Å²) in [6.07, 6.45) is 0. The van der Waals surface area contributed by atoms with Crippen LogP contribution >= 0.6 is 0 Å². The molecule has 3 heteroatoms. The van der Waals surface area contributed by atoms with Crippen molar-refractivity contribution in [3.05, 3.63) is 0 Å². The van der Waals surface area contributed by atoms with Crippen molar-refractivity contribution in [3.63, 3.8) is 0 Å². The average molecular weight is 215 g/mol. The summed E-state index contributed by atoms with van der Waals surface area (Å²) in [6.45, 7) is 2.13. The molecule has 6 heavy (non-hydrogen) atoms. The second-order valence-corrected chi connectivity index (χ2v) is 5.72. The van der Waals surface area contributed by atoms with Crippen LogP contribution in [0.15, 0.2) is 0 Å². The molecular formula is C3H7NSe2. The van der Waals surface area contributed by atoms with Crippen LogP contribution in [0.1, 0.15) is 6.92 Å². The zero-order valence-electron chi connectivity index (χ0n) is 3.60. The van der Waals surface area contributed by atoms with E-state index in [1.807, 2.05) is 0 Å². The fourth-order valence-corrected chi connectivity index (χ4v) is 2.02. The van der Waals surface area contributed by atoms with Crippen LogP contribution < -0.4 is 5.73 Å². The number of hydrogen-bond donors (Lipinski definition) is 1. The zero-order chi connectivity index (χ0) is 4.99. The Hall–Kier alpha value is 0.709. The molecule has 0 aliphatic rings. The Kier molecular flexibility index (Phi) is 4.34. The summed E-state index contributed by atoms with van der Waals surface area (Å²) >= 11 is 3.32. The third-order valence-electron chi connectivity index (χ3n) is 0.287. The molecule has 0 unspecified atom stereocenters. The van der Waals surface area contributed by atoms with E-state index >= 15 is 0 Å². The van der Waals surface area contributed by atoms with E-state index in [9.17, 15) is 0 Å². The Balaban J connectivity index is 2.83. The molecule has 0 rings (SSSR count). The van der Waals surface area contributed by atoms with Crippen molar-refractivity contribution < 1.29 is 0 Å². The van der Waals surface area contributed by atoms with Gasteiger partial charge < -0.3 is 0 Å². The second-order valence-electron chi connectivity index (χ2n) is 0.752. The SMILES string of the molecule is CC[Se]C(N)=[Se]. The second kappa shape index (κ2) is 3.88. The first kappa shape index (κ1) is 6.71. The molecule has 0 saturated heterocycles. The third kappa shape index (κ3) is 4.71. The molecule has 2 N–H and O–H groups in total. The molecule has 0 spiro atoms. The monoisotopic (exact) mass is 217 g/mol. The van der Waals surface area contributed by atoms with Crippen molar-refractivity contribution in [2.45, 2.75) is 12.2 Å². The summed E-state index contributed by atoms with van der Waals surface area (Å²) in [7, 11) is 0. The van der Waals surface area contributed by atoms with Crippen LogP contribution in [0.4, 0.5) is 0 Å². The molecule has 0 aromatic carbocycles. The van der Waals surface area contributed by atoms with Crippen molar-refractivity contribution in [2.24, 2.45) is 5.73 Å². The summed E-state index contributed by atoms with van der Waals surface area (Å²) in [5.41, 5.74) is 5.29. The molecule has 36 valence electrons. The van der Waals surface area contributed by atoms with Crippen molar-refractivity contribution in [3.8, 4) is 0 Å². The van der Waals surface area contributed by atoms with Gasteiger partial charge in [0.1, 0.15) is 0 Å². The Morgan fingerprint density at radius 1 is 2.00 bits per heavy atom. The van der Waals surface area contributed by atoms with Gasteiger partial charge in [-0.15, -0.1) is 0 Å². The van der Waals surface area contributed by atoms with Crippen LogP contribution in [0.3, 0.4) is 0 Å². The van der Waals surface area contributed by atoms with E-state index in [1.54, 1.807) is 0 Å². The van der Waals surface area contributed by atoms with E-state index in [2.05, 4.69) is 22.5 Å². The van der Waals surface area contributed by atoms with E-state index in [0.717, 1.165) is 3.44 Å². The van der Waals surface area contributed by atoms with Gasteiger partial charge >= 0.3 is 51.9 Å². The summed E-state index contributed by atoms with van der Waals surface area (Å²) in [5, 5.41) is 1.20. The number of rotatable bonds is 2. The minimum atomic E-state index is 0.556. The van der Waals surface area contributed by atoms with Gasteiger partial charge in [-0.1, -0.05) is 0 Å². The fraction of sp³-hybridized carbons (Fsp3) is 0.667. The van der Waals surface area contributed by atoms with Gasteiger partial charge in [-0.2, -0.15) is 0 Å². The normalized spacial score (nSPS) is 8.17. The maximum absolute atomic E-state index is 5.29. The first-order valence-electron chi connectivity index (χ1n) is 1.69. The Bertz CT molecular complexity index is 52.8. The predicted molar refractivity (Wildman–Crippen MR) is 31.2 cm³/mol. The summed E-state index contributed by atoms with van der Waals surface area (Å²) in [5.74, 6) is 0. The molecule has 0 saturated carbocycles. The van der Waals surface area contributed by atoms with Crippen molar-refractivity contribution in [1.82, 2.24) is 0 Å². The van der Waals surface area contributed by atoms with E-state index < -0.39 is 0 Å². The first-order valence-corrected chi connectivity index (χ1v) is 4.62. The van der Waals surface area contributed by atoms with Gasteiger partial charge in [0.2, 0.25) is 0 Å². The first-order chi connectivity index (χ1) is 2.77. The topological polar surface area (TPSA) is 26.0 Å². The summed E-state index contributed by atoms with van der Waals surface area (Å²) < 4.78 is 0.977. The standard InChI is InChI=1S/C3H7NSe2/c1-2-6-3(4)5/h2H2,1H3,(H2,4,5). The molecule has 0 atom stereocenters. The van der Waals surface area contributed by atoms with Crippen LogP contribution in [-0.2, 0) is 0 Å². The molecule has 0 fully saturated rings. The van der Waals surface area contributed by atoms with E-state index in [4.69, 9.17) is 5.73 Å². The molecule has 0 radical (unpaired) electrons. The van der Waals surface area contributed by atoms with Gasteiger partial charge in [-0.05, 0) is 0 Å². The van der Waals surface area contributed by atoms with E-state index in [1.165, 1.54) is 5.32 Å². The Labute approximate surface area is 52.2 Å². The minimum absolute atomic E-state index is 0.556. The van der Waals surface area contributed by atoms with Crippen LogP contribution in [0.25, 0.3) is 0 Å². The van der Waals surface area contributed by atoms with Crippen molar-refractivity contribution in [1.29, 1.82) is 0 Å². The number of hydrogen-bond acceptors (Lipinski definition) is 1. The van der Waals surface area contributed by atoms with Gasteiger partial charge in [0.25, 0.3) is 0 Å². The van der Waals surface area contributed by atoms with E-state index in [0.29, 0.717) is 15.0 Å². The molecular weight excluding hydrogens is 208 g/mol. The van der Waals surface area contributed by atoms with E-state index in [-0.39, 0.29) is 0 Å². The average Bonchev–Trinajstić information content (AvgIpc) is 1.35. The predicted octanol–water partition coefficient (Wildman–Crippen LogP) is -0.657. The van der Waals surface area contributed by atoms with Gasteiger partial charge in [0.15, 0.2) is 0 Å². The van der Waals surface area contributed by atoms with Crippen LogP contribution in [0, 0.1) is 0 Å². The van der Waals surface area contributed by atoms with Crippen molar-refractivity contribution >= 4 is 34.0 Å². The van der Waals surface area contributed by atoms with Crippen molar-refractivity contribution in [2.75, 3.05) is 0 Å². The fourth-order valence-electron chi connectivity index (χ4n) is 0.142. The van der Waals surface area contributed by atoms with Gasteiger partial charge in [0.05, 0.1) is 0 Å². The van der Waals surface area contributed by atoms with Gasteiger partial charge in [-0.3, -0.25) is 0 Å². The molecule has 0 aromatic heterocycles. The molecule has 0 bridgehead atoms. The quantitative estimate of drug-likeness (QED) is 0.608. The molecule has 0 aromatic rings. The summed E-state index contributed by atoms with van der Waals surface area (Å²) in [6, 6.07) is 0. The molecule has 0 aliphatic carbocycles. The third-order valence-corrected chi connectivity index (χ3v) is 2.77. The van der Waals surface area contributed by atoms with Gasteiger partial charge in [0, 0.05) is 0 Å². The van der Waals surface area contributed by atoms with Crippen LogP contribution in [0.5, 0.6) is 0 Å². The zero-order valence-corrected chi connectivity index (χ0v) is 7.03. The Morgan fingerprint density at radius 3 is 2.50 bits per heavy atom. The summed E-state index contributed by atoms with van der Waals surface area (Å²) in [4.78, 5) is 0. The molecule has 0 heterocycles. The maximum atomic E-state index is 5.29. The number of nitrogens with two attached hydrogens (primary N) is 1. The molecule has 0 amide bonds. The van der Waals surface area contributed by atoms with Gasteiger partial charge in [-0.25, -0.2) is 0 Å². The van der Waals surface area contributed by atoms with Crippen LogP contribution in [-0.4, -0.2) is 34.0 Å².